The number of aryl methyl sites for hydroxylation is 1. The second kappa shape index (κ2) is 5.55. The van der Waals surface area contributed by atoms with Crippen molar-refractivity contribution in [2.75, 3.05) is 6.61 Å². The Hall–Kier alpha value is -1.00. The summed E-state index contributed by atoms with van der Waals surface area (Å²) in [7, 11) is -1.29. The minimum absolute atomic E-state index is 0.00111. The molecule has 1 aliphatic rings. The maximum absolute atomic E-state index is 12.2. The van der Waals surface area contributed by atoms with E-state index in [2.05, 4.69) is 10.5 Å². The summed E-state index contributed by atoms with van der Waals surface area (Å²) in [4.78, 5) is 0. The fraction of sp³-hybridized carbons (Fsp3) is 0.533. The Morgan fingerprint density at radius 2 is 2.05 bits per heavy atom. The van der Waals surface area contributed by atoms with Crippen LogP contribution < -0.4 is 0 Å². The highest BCUT2D eigenvalue weighted by molar-refractivity contribution is 7.85. The SMILES string of the molecule is CC(C)(C)[S@](=O)/N=C1/c2ccccc2CC[C@H]1CO. The first-order valence-electron chi connectivity index (χ1n) is 6.63. The van der Waals surface area contributed by atoms with Gasteiger partial charge in [-0.3, -0.25) is 0 Å². The standard InChI is InChI=1S/C15H21NO2S/c1-15(2,3)19(18)16-14-12(10-17)9-8-11-6-4-5-7-13(11)14/h4-7,12,17H,8-10H2,1-3H3/b16-14+/t12-,19-/m0/s1. The lowest BCUT2D eigenvalue weighted by molar-refractivity contribution is 0.254. The van der Waals surface area contributed by atoms with Gasteiger partial charge in [-0.05, 0) is 39.2 Å². The van der Waals surface area contributed by atoms with E-state index in [1.54, 1.807) is 0 Å². The van der Waals surface area contributed by atoms with Gasteiger partial charge in [0, 0.05) is 11.5 Å². The fourth-order valence-electron chi connectivity index (χ4n) is 2.20. The van der Waals surface area contributed by atoms with E-state index >= 15 is 0 Å². The van der Waals surface area contributed by atoms with Crippen LogP contribution in [0.1, 0.15) is 38.3 Å². The predicted octanol–water partition coefficient (Wildman–Crippen LogP) is 2.49. The minimum atomic E-state index is -1.29. The van der Waals surface area contributed by atoms with E-state index in [1.807, 2.05) is 39.0 Å². The first kappa shape index (κ1) is 14.4. The van der Waals surface area contributed by atoms with Gasteiger partial charge in [0.25, 0.3) is 0 Å². The summed E-state index contributed by atoms with van der Waals surface area (Å²) in [5.74, 6) is 0.00111. The Morgan fingerprint density at radius 3 is 2.68 bits per heavy atom. The molecule has 0 saturated heterocycles. The van der Waals surface area contributed by atoms with Gasteiger partial charge in [-0.15, -0.1) is 0 Å². The molecule has 19 heavy (non-hydrogen) atoms. The lowest BCUT2D eigenvalue weighted by atomic mass is 9.83. The van der Waals surface area contributed by atoms with Crippen LogP contribution in [0, 0.1) is 5.92 Å². The Kier molecular flexibility index (Phi) is 4.21. The third kappa shape index (κ3) is 3.12. The monoisotopic (exact) mass is 279 g/mol. The number of benzene rings is 1. The Balaban J connectivity index is 2.46. The zero-order chi connectivity index (χ0) is 14.0. The molecule has 0 saturated carbocycles. The lowest BCUT2D eigenvalue weighted by Crippen LogP contribution is -2.29. The molecule has 1 aromatic carbocycles. The Labute approximate surface area is 117 Å². The molecule has 4 heteroatoms. The largest absolute Gasteiger partial charge is 0.396 e. The Morgan fingerprint density at radius 1 is 1.37 bits per heavy atom. The molecule has 0 aromatic heterocycles. The van der Waals surface area contributed by atoms with Gasteiger partial charge in [-0.25, -0.2) is 4.21 Å². The molecule has 0 radical (unpaired) electrons. The second-order valence-electron chi connectivity index (χ2n) is 5.91. The van der Waals surface area contributed by atoms with Crippen LogP contribution in [0.2, 0.25) is 0 Å². The van der Waals surface area contributed by atoms with Crippen LogP contribution in [0.5, 0.6) is 0 Å². The van der Waals surface area contributed by atoms with Crippen LogP contribution in [0.15, 0.2) is 28.7 Å². The average molecular weight is 279 g/mol. The van der Waals surface area contributed by atoms with Gasteiger partial charge >= 0.3 is 0 Å². The molecule has 1 aliphatic carbocycles. The molecule has 3 nitrogen and oxygen atoms in total. The number of hydrogen-bond donors (Lipinski definition) is 1. The number of aliphatic hydroxyl groups excluding tert-OH is 1. The number of aliphatic hydroxyl groups is 1. The summed E-state index contributed by atoms with van der Waals surface area (Å²) in [6.07, 6.45) is 1.82. The number of hydrogen-bond acceptors (Lipinski definition) is 2. The molecule has 0 unspecified atom stereocenters. The predicted molar refractivity (Wildman–Crippen MR) is 79.8 cm³/mol. The van der Waals surface area contributed by atoms with E-state index in [4.69, 9.17) is 0 Å². The van der Waals surface area contributed by atoms with Crippen molar-refractivity contribution in [3.05, 3.63) is 35.4 Å². The van der Waals surface area contributed by atoms with Gasteiger partial charge in [0.2, 0.25) is 0 Å². The first-order valence-corrected chi connectivity index (χ1v) is 7.74. The first-order chi connectivity index (χ1) is 8.93. The summed E-state index contributed by atoms with van der Waals surface area (Å²) in [6.45, 7) is 5.80. The van der Waals surface area contributed by atoms with E-state index in [0.717, 1.165) is 24.1 Å². The van der Waals surface area contributed by atoms with Gasteiger partial charge < -0.3 is 5.11 Å². The molecular formula is C15H21NO2S. The topological polar surface area (TPSA) is 49.7 Å². The third-order valence-electron chi connectivity index (χ3n) is 3.37. The van der Waals surface area contributed by atoms with Crippen molar-refractivity contribution in [3.8, 4) is 0 Å². The van der Waals surface area contributed by atoms with E-state index in [-0.39, 0.29) is 17.3 Å². The van der Waals surface area contributed by atoms with Gasteiger partial charge in [0.1, 0.15) is 11.0 Å². The molecule has 1 N–H and O–H groups in total. The van der Waals surface area contributed by atoms with Crippen LogP contribution in [0.4, 0.5) is 0 Å². The van der Waals surface area contributed by atoms with Gasteiger partial charge in [-0.1, -0.05) is 24.3 Å². The van der Waals surface area contributed by atoms with Crippen molar-refractivity contribution in [3.63, 3.8) is 0 Å². The van der Waals surface area contributed by atoms with Crippen LogP contribution in [-0.2, 0) is 17.4 Å². The maximum atomic E-state index is 12.2. The summed E-state index contributed by atoms with van der Waals surface area (Å²) in [6, 6.07) is 8.07. The average Bonchev–Trinajstić information content (AvgIpc) is 2.38. The van der Waals surface area contributed by atoms with Crippen LogP contribution in [0.3, 0.4) is 0 Å². The second-order valence-corrected chi connectivity index (χ2v) is 7.82. The van der Waals surface area contributed by atoms with E-state index in [0.29, 0.717) is 0 Å². The summed E-state index contributed by atoms with van der Waals surface area (Å²) in [5.41, 5.74) is 3.08. The van der Waals surface area contributed by atoms with Crippen molar-refractivity contribution in [2.45, 2.75) is 38.4 Å². The fourth-order valence-corrected chi connectivity index (χ4v) is 2.90. The quantitative estimate of drug-likeness (QED) is 0.904. The Bertz CT molecular complexity index is 517. The number of rotatable bonds is 2. The molecule has 0 amide bonds. The normalized spacial score (nSPS) is 23.2. The lowest BCUT2D eigenvalue weighted by Gasteiger charge is -2.26. The van der Waals surface area contributed by atoms with Crippen molar-refractivity contribution in [1.82, 2.24) is 0 Å². The molecule has 0 heterocycles. The molecule has 104 valence electrons. The van der Waals surface area contributed by atoms with E-state index in [9.17, 15) is 9.32 Å². The van der Waals surface area contributed by atoms with Crippen molar-refractivity contribution < 1.29 is 9.32 Å². The zero-order valence-electron chi connectivity index (χ0n) is 11.7. The van der Waals surface area contributed by atoms with E-state index in [1.165, 1.54) is 5.56 Å². The highest BCUT2D eigenvalue weighted by Gasteiger charge is 2.27. The molecule has 1 aromatic rings. The molecule has 0 bridgehead atoms. The molecular weight excluding hydrogens is 258 g/mol. The highest BCUT2D eigenvalue weighted by atomic mass is 32.2. The van der Waals surface area contributed by atoms with Gasteiger partial charge in [0.05, 0.1) is 17.1 Å². The number of fused-ring (bicyclic) bond motifs is 1. The molecule has 2 rings (SSSR count). The number of nitrogens with zero attached hydrogens (tertiary/aromatic N) is 1. The zero-order valence-corrected chi connectivity index (χ0v) is 12.5. The van der Waals surface area contributed by atoms with Crippen LogP contribution >= 0.6 is 0 Å². The van der Waals surface area contributed by atoms with Crippen molar-refractivity contribution in [1.29, 1.82) is 0 Å². The van der Waals surface area contributed by atoms with Crippen molar-refractivity contribution in [2.24, 2.45) is 10.3 Å². The summed E-state index contributed by atoms with van der Waals surface area (Å²) < 4.78 is 16.3. The molecule has 0 aliphatic heterocycles. The summed E-state index contributed by atoms with van der Waals surface area (Å²) in [5, 5.41) is 9.52. The molecule has 0 spiro atoms. The summed E-state index contributed by atoms with van der Waals surface area (Å²) >= 11 is 0. The maximum Gasteiger partial charge on any atom is 0.145 e. The van der Waals surface area contributed by atoms with Crippen LogP contribution in [0.25, 0.3) is 0 Å². The minimum Gasteiger partial charge on any atom is -0.396 e. The van der Waals surface area contributed by atoms with Crippen LogP contribution in [-0.4, -0.2) is 26.4 Å². The highest BCUT2D eigenvalue weighted by Crippen LogP contribution is 2.27. The van der Waals surface area contributed by atoms with Gasteiger partial charge in [-0.2, -0.15) is 4.40 Å². The smallest absolute Gasteiger partial charge is 0.145 e. The molecule has 2 atom stereocenters. The molecule has 0 fully saturated rings. The van der Waals surface area contributed by atoms with Crippen molar-refractivity contribution >= 4 is 16.7 Å². The third-order valence-corrected chi connectivity index (χ3v) is 4.78. The van der Waals surface area contributed by atoms with E-state index < -0.39 is 11.0 Å². The van der Waals surface area contributed by atoms with Gasteiger partial charge in [0.15, 0.2) is 0 Å².